The van der Waals surface area contributed by atoms with E-state index in [-0.39, 0.29) is 6.04 Å². The lowest BCUT2D eigenvalue weighted by atomic mass is 9.81. The monoisotopic (exact) mass is 203 g/mol. The molecule has 0 aromatic heterocycles. The molecule has 1 aliphatic rings. The van der Waals surface area contributed by atoms with Crippen molar-refractivity contribution in [3.8, 4) is 0 Å². The van der Waals surface area contributed by atoms with Crippen LogP contribution in [0.4, 0.5) is 0 Å². The molecule has 1 nitrogen and oxygen atoms in total. The van der Waals surface area contributed by atoms with Gasteiger partial charge in [-0.2, -0.15) is 0 Å². The van der Waals surface area contributed by atoms with Crippen molar-refractivity contribution < 1.29 is 0 Å². The summed E-state index contributed by atoms with van der Waals surface area (Å²) in [4.78, 5) is 0. The number of hydrogen-bond donors (Lipinski definition) is 1. The molecule has 1 aromatic rings. The summed E-state index contributed by atoms with van der Waals surface area (Å²) in [5.41, 5.74) is 8.98. The number of benzene rings is 1. The summed E-state index contributed by atoms with van der Waals surface area (Å²) < 4.78 is 0. The molecule has 0 aliphatic heterocycles. The molecule has 1 aliphatic carbocycles. The molecule has 1 heteroatoms. The highest BCUT2D eigenvalue weighted by Gasteiger charge is 2.21. The van der Waals surface area contributed by atoms with Gasteiger partial charge in [-0.3, -0.25) is 0 Å². The molecule has 82 valence electrons. The normalized spacial score (nSPS) is 20.1. The molecular weight excluding hydrogens is 182 g/mol. The topological polar surface area (TPSA) is 26.0 Å². The maximum Gasteiger partial charge on any atom is 0.0323 e. The van der Waals surface area contributed by atoms with Crippen LogP contribution >= 0.6 is 0 Å². The van der Waals surface area contributed by atoms with Crippen molar-refractivity contribution in [2.45, 2.75) is 45.1 Å². The van der Waals surface area contributed by atoms with Crippen LogP contribution in [0.2, 0.25) is 0 Å². The molecule has 0 spiro atoms. The van der Waals surface area contributed by atoms with Gasteiger partial charge in [0.25, 0.3) is 0 Å². The Kier molecular flexibility index (Phi) is 3.42. The second-order valence-corrected chi connectivity index (χ2v) is 4.84. The molecule has 15 heavy (non-hydrogen) atoms. The standard InChI is InChI=1S/C14H21N/c1-11-6-5-9-13(10-11)14(15)12-7-3-2-4-8-12/h5-6,9-10,12,14H,2-4,7-8,15H2,1H3. The minimum absolute atomic E-state index is 0.255. The summed E-state index contributed by atoms with van der Waals surface area (Å²) in [7, 11) is 0. The van der Waals surface area contributed by atoms with Crippen LogP contribution in [-0.2, 0) is 0 Å². The number of nitrogens with two attached hydrogens (primary N) is 1. The fourth-order valence-electron chi connectivity index (χ4n) is 2.64. The van der Waals surface area contributed by atoms with Crippen molar-refractivity contribution in [3.63, 3.8) is 0 Å². The predicted molar refractivity (Wildman–Crippen MR) is 64.7 cm³/mol. The largest absolute Gasteiger partial charge is 0.324 e. The SMILES string of the molecule is Cc1cccc(C(N)C2CCCCC2)c1. The average Bonchev–Trinajstić information content (AvgIpc) is 2.29. The summed E-state index contributed by atoms with van der Waals surface area (Å²) in [6.07, 6.45) is 6.76. The fraction of sp³-hybridized carbons (Fsp3) is 0.571. The van der Waals surface area contributed by atoms with E-state index < -0.39 is 0 Å². The quantitative estimate of drug-likeness (QED) is 0.781. The molecule has 0 heterocycles. The van der Waals surface area contributed by atoms with Gasteiger partial charge in [0.05, 0.1) is 0 Å². The number of rotatable bonds is 2. The second-order valence-electron chi connectivity index (χ2n) is 4.84. The van der Waals surface area contributed by atoms with Gasteiger partial charge in [0.15, 0.2) is 0 Å². The minimum atomic E-state index is 0.255. The summed E-state index contributed by atoms with van der Waals surface area (Å²) in [5.74, 6) is 0.709. The Balaban J connectivity index is 2.08. The smallest absolute Gasteiger partial charge is 0.0323 e. The molecule has 0 bridgehead atoms. The third-order valence-corrected chi connectivity index (χ3v) is 3.58. The molecule has 1 saturated carbocycles. The van der Waals surface area contributed by atoms with E-state index >= 15 is 0 Å². The Morgan fingerprint density at radius 2 is 1.93 bits per heavy atom. The molecule has 0 radical (unpaired) electrons. The van der Waals surface area contributed by atoms with Crippen molar-refractivity contribution in [2.24, 2.45) is 11.7 Å². The third-order valence-electron chi connectivity index (χ3n) is 3.58. The minimum Gasteiger partial charge on any atom is -0.324 e. The first kappa shape index (κ1) is 10.7. The van der Waals surface area contributed by atoms with Gasteiger partial charge in [-0.1, -0.05) is 49.1 Å². The Morgan fingerprint density at radius 3 is 2.60 bits per heavy atom. The van der Waals surface area contributed by atoms with Gasteiger partial charge in [-0.25, -0.2) is 0 Å². The van der Waals surface area contributed by atoms with E-state index in [1.165, 1.54) is 43.2 Å². The first-order chi connectivity index (χ1) is 7.27. The predicted octanol–water partition coefficient (Wildman–Crippen LogP) is 3.58. The van der Waals surface area contributed by atoms with E-state index in [0.29, 0.717) is 5.92 Å². The zero-order chi connectivity index (χ0) is 10.7. The van der Waals surface area contributed by atoms with Gasteiger partial charge in [-0.05, 0) is 31.2 Å². The van der Waals surface area contributed by atoms with Gasteiger partial charge < -0.3 is 5.73 Å². The van der Waals surface area contributed by atoms with Crippen LogP contribution in [-0.4, -0.2) is 0 Å². The van der Waals surface area contributed by atoms with Crippen molar-refractivity contribution in [1.82, 2.24) is 0 Å². The van der Waals surface area contributed by atoms with Crippen LogP contribution in [0.25, 0.3) is 0 Å². The van der Waals surface area contributed by atoms with E-state index in [0.717, 1.165) is 0 Å². The molecule has 1 atom stereocenters. The van der Waals surface area contributed by atoms with Crippen LogP contribution in [0.15, 0.2) is 24.3 Å². The zero-order valence-corrected chi connectivity index (χ0v) is 9.58. The molecule has 1 fully saturated rings. The fourth-order valence-corrected chi connectivity index (χ4v) is 2.64. The maximum absolute atomic E-state index is 6.34. The highest BCUT2D eigenvalue weighted by molar-refractivity contribution is 5.25. The van der Waals surface area contributed by atoms with E-state index in [9.17, 15) is 0 Å². The highest BCUT2D eigenvalue weighted by atomic mass is 14.7. The zero-order valence-electron chi connectivity index (χ0n) is 9.58. The lowest BCUT2D eigenvalue weighted by molar-refractivity contribution is 0.308. The van der Waals surface area contributed by atoms with Crippen molar-refractivity contribution in [3.05, 3.63) is 35.4 Å². The Bertz CT molecular complexity index is 313. The number of aryl methyl sites for hydroxylation is 1. The number of hydrogen-bond acceptors (Lipinski definition) is 1. The summed E-state index contributed by atoms with van der Waals surface area (Å²) >= 11 is 0. The summed E-state index contributed by atoms with van der Waals surface area (Å²) in [5, 5.41) is 0. The Labute approximate surface area is 92.7 Å². The molecular formula is C14H21N. The van der Waals surface area contributed by atoms with E-state index in [4.69, 9.17) is 5.73 Å². The van der Waals surface area contributed by atoms with Crippen LogP contribution in [0.3, 0.4) is 0 Å². The average molecular weight is 203 g/mol. The Hall–Kier alpha value is -0.820. The first-order valence-corrected chi connectivity index (χ1v) is 6.09. The Morgan fingerprint density at radius 1 is 1.20 bits per heavy atom. The van der Waals surface area contributed by atoms with Gasteiger partial charge in [0.1, 0.15) is 0 Å². The lowest BCUT2D eigenvalue weighted by Gasteiger charge is -2.27. The van der Waals surface area contributed by atoms with Crippen LogP contribution in [0.1, 0.15) is 49.3 Å². The maximum atomic E-state index is 6.34. The van der Waals surface area contributed by atoms with Gasteiger partial charge in [0.2, 0.25) is 0 Å². The summed E-state index contributed by atoms with van der Waals surface area (Å²) in [6.45, 7) is 2.14. The van der Waals surface area contributed by atoms with Crippen molar-refractivity contribution >= 4 is 0 Å². The van der Waals surface area contributed by atoms with Gasteiger partial charge >= 0.3 is 0 Å². The molecule has 0 amide bonds. The van der Waals surface area contributed by atoms with E-state index in [1.807, 2.05) is 0 Å². The van der Waals surface area contributed by atoms with Gasteiger partial charge in [0, 0.05) is 6.04 Å². The van der Waals surface area contributed by atoms with Crippen LogP contribution in [0, 0.1) is 12.8 Å². The molecule has 1 aromatic carbocycles. The molecule has 2 rings (SSSR count). The lowest BCUT2D eigenvalue weighted by Crippen LogP contribution is -2.23. The molecule has 2 N–H and O–H groups in total. The highest BCUT2D eigenvalue weighted by Crippen LogP contribution is 2.32. The molecule has 1 unspecified atom stereocenters. The molecule has 0 saturated heterocycles. The van der Waals surface area contributed by atoms with E-state index in [2.05, 4.69) is 31.2 Å². The second kappa shape index (κ2) is 4.80. The van der Waals surface area contributed by atoms with Crippen molar-refractivity contribution in [2.75, 3.05) is 0 Å². The summed E-state index contributed by atoms with van der Waals surface area (Å²) in [6, 6.07) is 8.92. The van der Waals surface area contributed by atoms with E-state index in [1.54, 1.807) is 0 Å². The third kappa shape index (κ3) is 2.60. The van der Waals surface area contributed by atoms with Crippen LogP contribution < -0.4 is 5.73 Å². The van der Waals surface area contributed by atoms with Gasteiger partial charge in [-0.15, -0.1) is 0 Å². The van der Waals surface area contributed by atoms with Crippen LogP contribution in [0.5, 0.6) is 0 Å². The van der Waals surface area contributed by atoms with Crippen molar-refractivity contribution in [1.29, 1.82) is 0 Å². The first-order valence-electron chi connectivity index (χ1n) is 6.09.